The number of allylic oxidation sites excluding steroid dienone is 1. The number of hydrogen-bond donors (Lipinski definition) is 6. The maximum Gasteiger partial charge on any atom is 0.190 e. The van der Waals surface area contributed by atoms with Gasteiger partial charge in [-0.25, -0.2) is 0 Å². The van der Waals surface area contributed by atoms with Crippen LogP contribution in [0.4, 0.5) is 5.69 Å². The fraction of sp³-hybridized carbons (Fsp3) is 0.452. The molecule has 56 heavy (non-hydrogen) atoms. The van der Waals surface area contributed by atoms with E-state index in [-0.39, 0.29) is 59.9 Å². The fourth-order valence-corrected chi connectivity index (χ4v) is 9.78. The minimum absolute atomic E-state index is 0.0403. The Morgan fingerprint density at radius 2 is 1.36 bits per heavy atom. The molecule has 6 rings (SSSR count). The van der Waals surface area contributed by atoms with Gasteiger partial charge in [-0.2, -0.15) is 23.5 Å². The van der Waals surface area contributed by atoms with E-state index < -0.39 is 24.6 Å². The number of hydrogen-bond acceptors (Lipinski definition) is 14. The first kappa shape index (κ1) is 41.9. The molecule has 300 valence electrons. The lowest BCUT2D eigenvalue weighted by Crippen LogP contribution is -2.17. The summed E-state index contributed by atoms with van der Waals surface area (Å²) < 4.78 is 17.0. The topological polar surface area (TPSA) is 192 Å². The molecular formula is C42H49NO11S2. The number of carbonyl (C=O) groups is 1. The lowest BCUT2D eigenvalue weighted by molar-refractivity contribution is -0.117. The highest BCUT2D eigenvalue weighted by atomic mass is 32.2. The minimum Gasteiger partial charge on any atom is -0.507 e. The van der Waals surface area contributed by atoms with E-state index >= 15 is 0 Å². The van der Waals surface area contributed by atoms with E-state index in [2.05, 4.69) is 5.32 Å². The summed E-state index contributed by atoms with van der Waals surface area (Å²) in [6.07, 6.45) is 2.94. The highest BCUT2D eigenvalue weighted by Gasteiger charge is 2.36. The highest BCUT2D eigenvalue weighted by molar-refractivity contribution is 7.99. The molecule has 5 aromatic carbocycles. The molecule has 0 spiro atoms. The smallest absolute Gasteiger partial charge is 0.190 e. The number of phenolic OH excluding ortho intramolecular Hbond substituents is 1. The van der Waals surface area contributed by atoms with Gasteiger partial charge < -0.3 is 45.1 Å². The molecule has 1 unspecified atom stereocenters. The largest absolute Gasteiger partial charge is 0.507 e. The van der Waals surface area contributed by atoms with Crippen LogP contribution in [0, 0.1) is 0 Å². The van der Waals surface area contributed by atoms with E-state index in [1.807, 2.05) is 13.0 Å². The summed E-state index contributed by atoms with van der Waals surface area (Å²) in [6, 6.07) is 2.69. The molecule has 0 amide bonds. The molecule has 6 N–H and O–H groups in total. The molecule has 0 saturated carbocycles. The normalized spacial score (nSPS) is 14.1. The van der Waals surface area contributed by atoms with Crippen LogP contribution in [-0.4, -0.2) is 108 Å². The standard InChI is InChI=1S/C42H49NO11S2/c1-22-17-27-26(5-4-13-55-15-11-53-9-7-44)41(51)35-29(50)19-25(21-47)31-32-24(20-46)18-28(49)34-37(32)38(33(27)36(31)35)39(30(22)23(2)48)42(52-3)40(34)43-6-14-56-16-12-54-10-8-45/h17-19,30,43-47,51H,4-16,20-21H2,1-3H3. The number of ketones is 1. The van der Waals surface area contributed by atoms with Gasteiger partial charge in [-0.3, -0.25) is 14.4 Å². The molecule has 0 bridgehead atoms. The second-order valence-corrected chi connectivity index (χ2v) is 16.3. The lowest BCUT2D eigenvalue weighted by atomic mass is 9.78. The first-order valence-electron chi connectivity index (χ1n) is 18.8. The van der Waals surface area contributed by atoms with Gasteiger partial charge in [0.05, 0.1) is 82.3 Å². The highest BCUT2D eigenvalue weighted by Crippen LogP contribution is 2.56. The zero-order chi connectivity index (χ0) is 40.1. The average molecular weight is 808 g/mol. The molecule has 1 aliphatic rings. The lowest BCUT2D eigenvalue weighted by Gasteiger charge is -2.27. The maximum atomic E-state index is 14.4. The van der Waals surface area contributed by atoms with Crippen molar-refractivity contribution < 1.29 is 44.5 Å². The van der Waals surface area contributed by atoms with Crippen molar-refractivity contribution in [2.75, 3.05) is 81.6 Å². The molecule has 14 heteroatoms. The van der Waals surface area contributed by atoms with Crippen molar-refractivity contribution in [2.24, 2.45) is 0 Å². The molecule has 0 radical (unpaired) electrons. The van der Waals surface area contributed by atoms with Gasteiger partial charge in [0.15, 0.2) is 10.9 Å². The Morgan fingerprint density at radius 1 is 0.768 bits per heavy atom. The quantitative estimate of drug-likeness (QED) is 0.0325. The van der Waals surface area contributed by atoms with E-state index in [1.165, 1.54) is 26.2 Å². The number of aliphatic hydroxyl groups excluding tert-OH is 4. The molecular weight excluding hydrogens is 759 g/mol. The number of fused-ring (bicyclic) bond motifs is 1. The Morgan fingerprint density at radius 3 is 1.93 bits per heavy atom. The molecule has 1 atom stereocenters. The number of phenols is 1. The number of thioether (sulfide) groups is 2. The Hall–Kier alpha value is -3.73. The molecule has 0 aromatic heterocycles. The number of carbonyl (C=O) groups excluding carboxylic acids is 1. The van der Waals surface area contributed by atoms with Crippen molar-refractivity contribution in [1.29, 1.82) is 0 Å². The summed E-state index contributed by atoms with van der Waals surface area (Å²) in [7, 11) is 1.50. The minimum atomic E-state index is -0.829. The average Bonchev–Trinajstić information content (AvgIpc) is 3.31. The van der Waals surface area contributed by atoms with Gasteiger partial charge in [0.1, 0.15) is 17.3 Å². The van der Waals surface area contributed by atoms with Crippen LogP contribution >= 0.6 is 23.5 Å². The van der Waals surface area contributed by atoms with Crippen LogP contribution < -0.4 is 20.9 Å². The summed E-state index contributed by atoms with van der Waals surface area (Å²) in [5, 5.41) is 58.5. The van der Waals surface area contributed by atoms with Crippen molar-refractivity contribution in [3.05, 3.63) is 66.0 Å². The monoisotopic (exact) mass is 807 g/mol. The van der Waals surface area contributed by atoms with Crippen LogP contribution in [0.2, 0.25) is 0 Å². The Bertz CT molecular complexity index is 2380. The van der Waals surface area contributed by atoms with Crippen LogP contribution in [0.3, 0.4) is 0 Å². The third-order valence-corrected chi connectivity index (χ3v) is 12.4. The van der Waals surface area contributed by atoms with E-state index in [4.69, 9.17) is 24.4 Å². The molecule has 1 aliphatic carbocycles. The number of aromatic hydroxyl groups is 1. The van der Waals surface area contributed by atoms with E-state index in [9.17, 15) is 29.7 Å². The van der Waals surface area contributed by atoms with Gasteiger partial charge in [0.25, 0.3) is 0 Å². The fourth-order valence-electron chi connectivity index (χ4n) is 8.31. The molecule has 5 aromatic rings. The number of ether oxygens (including phenoxy) is 3. The first-order chi connectivity index (χ1) is 27.2. The summed E-state index contributed by atoms with van der Waals surface area (Å²) in [5.41, 5.74) is 2.50. The van der Waals surface area contributed by atoms with Crippen LogP contribution in [-0.2, 0) is 33.9 Å². The summed E-state index contributed by atoms with van der Waals surface area (Å²) in [5.74, 6) is 1.92. The number of aliphatic hydroxyl groups is 4. The van der Waals surface area contributed by atoms with Gasteiger partial charge in [0, 0.05) is 45.7 Å². The number of benzene rings is 5. The van der Waals surface area contributed by atoms with Crippen LogP contribution in [0.15, 0.2) is 27.3 Å². The van der Waals surface area contributed by atoms with Crippen molar-refractivity contribution >= 4 is 84.2 Å². The zero-order valence-electron chi connectivity index (χ0n) is 31.9. The summed E-state index contributed by atoms with van der Waals surface area (Å²) in [4.78, 5) is 42.4. The van der Waals surface area contributed by atoms with Crippen LogP contribution in [0.25, 0.3) is 49.2 Å². The van der Waals surface area contributed by atoms with E-state index in [1.54, 1.807) is 23.5 Å². The number of nitrogens with one attached hydrogen (secondary N) is 1. The second kappa shape index (κ2) is 18.7. The predicted molar refractivity (Wildman–Crippen MR) is 226 cm³/mol. The number of Topliss-reactive ketones (excluding diaryl/α,β-unsaturated/α-hetero) is 1. The van der Waals surface area contributed by atoms with Crippen molar-refractivity contribution in [1.82, 2.24) is 0 Å². The van der Waals surface area contributed by atoms with Gasteiger partial charge in [-0.1, -0.05) is 11.6 Å². The zero-order valence-corrected chi connectivity index (χ0v) is 33.6. The van der Waals surface area contributed by atoms with Crippen molar-refractivity contribution in [3.8, 4) is 11.5 Å². The second-order valence-electron chi connectivity index (χ2n) is 13.8. The molecule has 0 saturated heterocycles. The molecule has 12 nitrogen and oxygen atoms in total. The Labute approximate surface area is 332 Å². The number of anilines is 1. The van der Waals surface area contributed by atoms with Gasteiger partial charge in [-0.05, 0) is 82.8 Å². The van der Waals surface area contributed by atoms with Gasteiger partial charge in [-0.15, -0.1) is 0 Å². The third kappa shape index (κ3) is 7.65. The Balaban J connectivity index is 1.68. The molecule has 0 fully saturated rings. The SMILES string of the molecule is COc1c(NCCSCCOCCO)c2c(=O)cc(CO)c3c4c(CO)cc(=O)c5c(O)c(CCCSCCOCCO)c6c(c(c1C(C(C)=O)C(C)=C6)c23)c54. The number of rotatable bonds is 22. The van der Waals surface area contributed by atoms with Gasteiger partial charge in [0.2, 0.25) is 0 Å². The summed E-state index contributed by atoms with van der Waals surface area (Å²) >= 11 is 3.30. The first-order valence-corrected chi connectivity index (χ1v) is 21.1. The summed E-state index contributed by atoms with van der Waals surface area (Å²) in [6.45, 7) is 4.17. The molecule has 0 aliphatic heterocycles. The van der Waals surface area contributed by atoms with Crippen LogP contribution in [0.5, 0.6) is 11.5 Å². The van der Waals surface area contributed by atoms with Crippen molar-refractivity contribution in [2.45, 2.75) is 45.8 Å². The predicted octanol–water partition coefficient (Wildman–Crippen LogP) is 4.51. The van der Waals surface area contributed by atoms with Crippen LogP contribution in [0.1, 0.15) is 54.0 Å². The van der Waals surface area contributed by atoms with E-state index in [0.29, 0.717) is 116 Å². The maximum absolute atomic E-state index is 14.4. The number of methoxy groups -OCH3 is 1. The third-order valence-electron chi connectivity index (χ3n) is 10.4. The van der Waals surface area contributed by atoms with Gasteiger partial charge >= 0.3 is 0 Å². The molecule has 0 heterocycles. The Kier molecular flexibility index (Phi) is 14.0. The van der Waals surface area contributed by atoms with E-state index in [0.717, 1.165) is 11.5 Å². The van der Waals surface area contributed by atoms with Crippen molar-refractivity contribution in [3.63, 3.8) is 0 Å².